The number of unbranched alkanes of at least 4 members (excludes halogenated alkanes) is 2. The minimum absolute atomic E-state index is 0.315. The maximum absolute atomic E-state index is 10.9. The number of carbonyl (C=O) groups is 1. The minimum atomic E-state index is -0.315. The van der Waals surface area contributed by atoms with E-state index in [-0.39, 0.29) is 5.97 Å². The lowest BCUT2D eigenvalue weighted by Gasteiger charge is -1.92. The first-order chi connectivity index (χ1) is 7.81. The lowest BCUT2D eigenvalue weighted by atomic mass is 10.2. The van der Waals surface area contributed by atoms with E-state index in [1.807, 2.05) is 18.2 Å². The van der Waals surface area contributed by atoms with E-state index in [1.165, 1.54) is 6.08 Å². The average molecular weight is 218 g/mol. The highest BCUT2D eigenvalue weighted by atomic mass is 16.5. The van der Waals surface area contributed by atoms with E-state index in [4.69, 9.17) is 11.2 Å². The van der Waals surface area contributed by atoms with Crippen molar-refractivity contribution >= 4 is 5.97 Å². The molecule has 0 heterocycles. The smallest absolute Gasteiger partial charge is 0.330 e. The first kappa shape index (κ1) is 14.2. The van der Waals surface area contributed by atoms with Gasteiger partial charge in [-0.3, -0.25) is 0 Å². The summed E-state index contributed by atoms with van der Waals surface area (Å²) in [4.78, 5) is 10.9. The molecule has 0 aromatic heterocycles. The normalized spacial score (nSPS) is 11.2. The Morgan fingerprint density at radius 2 is 2.06 bits per heavy atom. The van der Waals surface area contributed by atoms with Crippen molar-refractivity contribution in [2.45, 2.75) is 26.2 Å². The number of carbonyl (C=O) groups excluding carboxylic acids is 1. The van der Waals surface area contributed by atoms with E-state index in [0.29, 0.717) is 6.61 Å². The third-order valence-electron chi connectivity index (χ3n) is 1.68. The third kappa shape index (κ3) is 10.3. The van der Waals surface area contributed by atoms with Gasteiger partial charge in [0.05, 0.1) is 6.61 Å². The van der Waals surface area contributed by atoms with Gasteiger partial charge in [0.1, 0.15) is 0 Å². The summed E-state index contributed by atoms with van der Waals surface area (Å²) in [5.41, 5.74) is 0. The van der Waals surface area contributed by atoms with Crippen LogP contribution in [0.5, 0.6) is 0 Å². The number of hydrogen-bond donors (Lipinski definition) is 0. The summed E-state index contributed by atoms with van der Waals surface area (Å²) >= 11 is 0. The van der Waals surface area contributed by atoms with Crippen LogP contribution in [0.25, 0.3) is 0 Å². The Kier molecular flexibility index (Phi) is 10.1. The van der Waals surface area contributed by atoms with Gasteiger partial charge < -0.3 is 4.74 Å². The zero-order chi connectivity index (χ0) is 12.1. The summed E-state index contributed by atoms with van der Waals surface area (Å²) in [7, 11) is 0. The van der Waals surface area contributed by atoms with Crippen molar-refractivity contribution in [2.75, 3.05) is 6.61 Å². The SMILES string of the molecule is C#CCCC/C=C/C=C/C=C/C(=O)OCC. The van der Waals surface area contributed by atoms with Crippen molar-refractivity contribution in [1.82, 2.24) is 0 Å². The Balaban J connectivity index is 3.61. The molecule has 2 heteroatoms. The molecule has 0 spiro atoms. The van der Waals surface area contributed by atoms with Crippen LogP contribution in [0, 0.1) is 12.3 Å². The molecule has 0 saturated heterocycles. The number of terminal acetylenes is 1. The van der Waals surface area contributed by atoms with E-state index < -0.39 is 0 Å². The van der Waals surface area contributed by atoms with Gasteiger partial charge in [0.2, 0.25) is 0 Å². The molecule has 0 fully saturated rings. The number of allylic oxidation sites excluding steroid dienone is 5. The summed E-state index contributed by atoms with van der Waals surface area (Å²) in [6, 6.07) is 0. The summed E-state index contributed by atoms with van der Waals surface area (Å²) in [6.45, 7) is 2.18. The molecule has 0 radical (unpaired) electrons. The predicted octanol–water partition coefficient (Wildman–Crippen LogP) is 3.02. The number of ether oxygens (including phenoxy) is 1. The zero-order valence-electron chi connectivity index (χ0n) is 9.69. The molecule has 86 valence electrons. The Morgan fingerprint density at radius 1 is 1.31 bits per heavy atom. The maximum Gasteiger partial charge on any atom is 0.330 e. The number of esters is 1. The maximum atomic E-state index is 10.9. The van der Waals surface area contributed by atoms with Crippen LogP contribution in [-0.4, -0.2) is 12.6 Å². The van der Waals surface area contributed by atoms with Gasteiger partial charge in [-0.15, -0.1) is 12.3 Å². The van der Waals surface area contributed by atoms with Crippen molar-refractivity contribution in [3.05, 3.63) is 36.5 Å². The van der Waals surface area contributed by atoms with Gasteiger partial charge >= 0.3 is 5.97 Å². The molecule has 0 aliphatic heterocycles. The van der Waals surface area contributed by atoms with E-state index in [1.54, 1.807) is 19.1 Å². The summed E-state index contributed by atoms with van der Waals surface area (Å²) in [5.74, 6) is 2.27. The van der Waals surface area contributed by atoms with E-state index in [2.05, 4.69) is 5.92 Å². The van der Waals surface area contributed by atoms with Crippen molar-refractivity contribution in [3.63, 3.8) is 0 Å². The molecule has 0 amide bonds. The minimum Gasteiger partial charge on any atom is -0.463 e. The average Bonchev–Trinajstić information content (AvgIpc) is 2.27. The van der Waals surface area contributed by atoms with Crippen LogP contribution < -0.4 is 0 Å². The van der Waals surface area contributed by atoms with Gasteiger partial charge in [-0.25, -0.2) is 4.79 Å². The molecule has 0 aliphatic rings. The molecular formula is C14H18O2. The van der Waals surface area contributed by atoms with Crippen LogP contribution in [0.2, 0.25) is 0 Å². The highest BCUT2D eigenvalue weighted by Crippen LogP contribution is 1.95. The Hall–Kier alpha value is -1.75. The molecule has 0 rings (SSSR count). The van der Waals surface area contributed by atoms with Crippen LogP contribution >= 0.6 is 0 Å². The molecule has 0 aromatic carbocycles. The first-order valence-electron chi connectivity index (χ1n) is 5.41. The van der Waals surface area contributed by atoms with Gasteiger partial charge in [-0.1, -0.05) is 30.4 Å². The van der Waals surface area contributed by atoms with Crippen LogP contribution in [0.4, 0.5) is 0 Å². The standard InChI is InChI=1S/C14H18O2/c1-3-5-6-7-8-9-10-11-12-13-14(15)16-4-2/h1,8-13H,4-7H2,2H3/b9-8+,11-10+,13-12+. The Bertz CT molecular complexity index is 303. The summed E-state index contributed by atoms with van der Waals surface area (Å²) in [6.07, 6.45) is 18.6. The van der Waals surface area contributed by atoms with Crippen molar-refractivity contribution in [3.8, 4) is 12.3 Å². The van der Waals surface area contributed by atoms with Gasteiger partial charge in [0.25, 0.3) is 0 Å². The lowest BCUT2D eigenvalue weighted by molar-refractivity contribution is -0.137. The molecule has 0 bridgehead atoms. The Labute approximate surface area is 97.7 Å². The number of hydrogen-bond acceptors (Lipinski definition) is 2. The fraction of sp³-hybridized carbons (Fsp3) is 0.357. The van der Waals surface area contributed by atoms with E-state index in [0.717, 1.165) is 19.3 Å². The molecule has 0 unspecified atom stereocenters. The van der Waals surface area contributed by atoms with Crippen molar-refractivity contribution < 1.29 is 9.53 Å². The van der Waals surface area contributed by atoms with Gasteiger partial charge in [-0.2, -0.15) is 0 Å². The highest BCUT2D eigenvalue weighted by molar-refractivity contribution is 5.82. The topological polar surface area (TPSA) is 26.3 Å². The molecule has 0 saturated carbocycles. The zero-order valence-corrected chi connectivity index (χ0v) is 9.69. The summed E-state index contributed by atoms with van der Waals surface area (Å²) in [5, 5.41) is 0. The van der Waals surface area contributed by atoms with Gasteiger partial charge in [-0.05, 0) is 19.8 Å². The molecule has 16 heavy (non-hydrogen) atoms. The second-order valence-electron chi connectivity index (χ2n) is 3.02. The second-order valence-corrected chi connectivity index (χ2v) is 3.02. The second kappa shape index (κ2) is 11.3. The third-order valence-corrected chi connectivity index (χ3v) is 1.68. The van der Waals surface area contributed by atoms with Crippen molar-refractivity contribution in [2.24, 2.45) is 0 Å². The van der Waals surface area contributed by atoms with Crippen LogP contribution in [-0.2, 0) is 9.53 Å². The predicted molar refractivity (Wildman–Crippen MR) is 66.7 cm³/mol. The fourth-order valence-corrected chi connectivity index (χ4v) is 0.950. The first-order valence-corrected chi connectivity index (χ1v) is 5.41. The van der Waals surface area contributed by atoms with E-state index >= 15 is 0 Å². The molecule has 0 atom stereocenters. The van der Waals surface area contributed by atoms with Crippen LogP contribution in [0.3, 0.4) is 0 Å². The molecule has 0 aliphatic carbocycles. The highest BCUT2D eigenvalue weighted by Gasteiger charge is 1.89. The van der Waals surface area contributed by atoms with Crippen LogP contribution in [0.1, 0.15) is 26.2 Å². The van der Waals surface area contributed by atoms with Crippen molar-refractivity contribution in [1.29, 1.82) is 0 Å². The largest absolute Gasteiger partial charge is 0.463 e. The molecule has 2 nitrogen and oxygen atoms in total. The lowest BCUT2D eigenvalue weighted by Crippen LogP contribution is -1.98. The van der Waals surface area contributed by atoms with Crippen LogP contribution in [0.15, 0.2) is 36.5 Å². The Morgan fingerprint density at radius 3 is 2.75 bits per heavy atom. The number of rotatable bonds is 7. The monoisotopic (exact) mass is 218 g/mol. The molecular weight excluding hydrogens is 200 g/mol. The quantitative estimate of drug-likeness (QED) is 0.216. The van der Waals surface area contributed by atoms with E-state index in [9.17, 15) is 4.79 Å². The fourth-order valence-electron chi connectivity index (χ4n) is 0.950. The molecule has 0 N–H and O–H groups in total. The van der Waals surface area contributed by atoms with Gasteiger partial charge in [0.15, 0.2) is 0 Å². The molecule has 0 aromatic rings. The van der Waals surface area contributed by atoms with Gasteiger partial charge in [0, 0.05) is 12.5 Å². The summed E-state index contributed by atoms with van der Waals surface area (Å²) < 4.78 is 4.72.